The molecule has 0 saturated carbocycles. The molecule has 0 bridgehead atoms. The van der Waals surface area contributed by atoms with Gasteiger partial charge in [-0.15, -0.1) is 0 Å². The van der Waals surface area contributed by atoms with E-state index in [0.717, 1.165) is 35.1 Å². The Morgan fingerprint density at radius 3 is 2.75 bits per heavy atom. The molecule has 4 nitrogen and oxygen atoms in total. The summed E-state index contributed by atoms with van der Waals surface area (Å²) in [7, 11) is 0. The summed E-state index contributed by atoms with van der Waals surface area (Å²) in [6.45, 7) is 5.86. The number of halogens is 1. The fourth-order valence-corrected chi connectivity index (χ4v) is 2.50. The third kappa shape index (κ3) is 6.03. The van der Waals surface area contributed by atoms with Gasteiger partial charge in [0, 0.05) is 11.0 Å². The number of benzene rings is 1. The number of nitrogens with one attached hydrogen (secondary N) is 1. The van der Waals surface area contributed by atoms with Gasteiger partial charge in [-0.05, 0) is 53.5 Å². The van der Waals surface area contributed by atoms with E-state index in [1.54, 1.807) is 0 Å². The van der Waals surface area contributed by atoms with Gasteiger partial charge in [0.05, 0.1) is 18.8 Å². The summed E-state index contributed by atoms with van der Waals surface area (Å²) >= 11 is 3.45. The molecule has 0 atom stereocenters. The molecule has 0 aliphatic carbocycles. The van der Waals surface area contributed by atoms with E-state index in [2.05, 4.69) is 28.2 Å². The Hall–Kier alpha value is -0.910. The van der Waals surface area contributed by atoms with Crippen molar-refractivity contribution < 1.29 is 9.90 Å². The Bertz CT molecular complexity index is 438. The molecule has 20 heavy (non-hydrogen) atoms. The molecule has 1 aromatic rings. The van der Waals surface area contributed by atoms with Crippen LogP contribution in [0.5, 0.6) is 0 Å². The first kappa shape index (κ1) is 17.1. The monoisotopic (exact) mass is 342 g/mol. The zero-order chi connectivity index (χ0) is 15.0. The van der Waals surface area contributed by atoms with Gasteiger partial charge in [0.1, 0.15) is 0 Å². The lowest BCUT2D eigenvalue weighted by atomic mass is 10.2. The van der Waals surface area contributed by atoms with Gasteiger partial charge in [-0.1, -0.05) is 19.4 Å². The summed E-state index contributed by atoms with van der Waals surface area (Å²) in [6.07, 6.45) is 2.11. The number of nitrogens with zero attached hydrogens (tertiary/aromatic N) is 1. The number of amides is 1. The number of aryl methyl sites for hydroxylation is 1. The lowest BCUT2D eigenvalue weighted by Gasteiger charge is -2.20. The molecule has 1 amide bonds. The van der Waals surface area contributed by atoms with Crippen LogP contribution >= 0.6 is 15.9 Å². The van der Waals surface area contributed by atoms with Gasteiger partial charge in [-0.25, -0.2) is 0 Å². The second kappa shape index (κ2) is 9.10. The first-order valence-electron chi connectivity index (χ1n) is 6.96. The van der Waals surface area contributed by atoms with Crippen LogP contribution in [0.3, 0.4) is 0 Å². The molecule has 112 valence electrons. The van der Waals surface area contributed by atoms with E-state index in [4.69, 9.17) is 5.11 Å². The van der Waals surface area contributed by atoms with E-state index >= 15 is 0 Å². The predicted molar refractivity (Wildman–Crippen MR) is 85.9 cm³/mol. The van der Waals surface area contributed by atoms with Crippen molar-refractivity contribution in [3.63, 3.8) is 0 Å². The number of carbonyl (C=O) groups excluding carboxylic acids is 1. The number of anilines is 1. The number of unbranched alkanes of at least 4 members (excludes halogenated alkanes) is 1. The second-order valence-electron chi connectivity index (χ2n) is 4.88. The number of aliphatic hydroxyl groups is 1. The van der Waals surface area contributed by atoms with Crippen LogP contribution in [0.25, 0.3) is 0 Å². The van der Waals surface area contributed by atoms with Crippen LogP contribution in [0.1, 0.15) is 25.3 Å². The highest BCUT2D eigenvalue weighted by molar-refractivity contribution is 9.10. The fraction of sp³-hybridized carbons (Fsp3) is 0.533. The molecule has 0 saturated heterocycles. The number of hydrogen-bond acceptors (Lipinski definition) is 3. The number of aliphatic hydroxyl groups excluding tert-OH is 1. The van der Waals surface area contributed by atoms with Crippen molar-refractivity contribution in [2.24, 2.45) is 0 Å². The summed E-state index contributed by atoms with van der Waals surface area (Å²) in [5.74, 6) is -0.0564. The van der Waals surface area contributed by atoms with E-state index in [9.17, 15) is 4.79 Å². The lowest BCUT2D eigenvalue weighted by Crippen LogP contribution is -2.36. The van der Waals surface area contributed by atoms with Gasteiger partial charge in [-0.3, -0.25) is 9.69 Å². The summed E-state index contributed by atoms with van der Waals surface area (Å²) in [5.41, 5.74) is 1.92. The molecule has 1 rings (SSSR count). The van der Waals surface area contributed by atoms with Crippen LogP contribution in [0.15, 0.2) is 22.7 Å². The molecule has 0 fully saturated rings. The first-order valence-corrected chi connectivity index (χ1v) is 7.75. The maximum absolute atomic E-state index is 12.0. The third-order valence-electron chi connectivity index (χ3n) is 3.01. The highest BCUT2D eigenvalue weighted by Gasteiger charge is 2.11. The first-order chi connectivity index (χ1) is 9.56. The van der Waals surface area contributed by atoms with Crippen LogP contribution < -0.4 is 5.32 Å². The Kier molecular flexibility index (Phi) is 7.80. The van der Waals surface area contributed by atoms with Crippen LogP contribution in [0.4, 0.5) is 5.69 Å². The Morgan fingerprint density at radius 2 is 2.15 bits per heavy atom. The van der Waals surface area contributed by atoms with Gasteiger partial charge < -0.3 is 10.4 Å². The highest BCUT2D eigenvalue weighted by Crippen LogP contribution is 2.23. The van der Waals surface area contributed by atoms with E-state index < -0.39 is 0 Å². The van der Waals surface area contributed by atoms with Crippen LogP contribution in [-0.2, 0) is 4.79 Å². The maximum Gasteiger partial charge on any atom is 0.238 e. The molecular formula is C15H23BrN2O2. The minimum absolute atomic E-state index is 0.0564. The third-order valence-corrected chi connectivity index (χ3v) is 3.67. The minimum Gasteiger partial charge on any atom is -0.395 e. The molecule has 1 aromatic carbocycles. The summed E-state index contributed by atoms with van der Waals surface area (Å²) in [5, 5.41) is 11.9. The van der Waals surface area contributed by atoms with Crippen molar-refractivity contribution in [3.05, 3.63) is 28.2 Å². The van der Waals surface area contributed by atoms with E-state index in [0.29, 0.717) is 13.1 Å². The molecule has 0 aromatic heterocycles. The fourth-order valence-electron chi connectivity index (χ4n) is 1.91. The van der Waals surface area contributed by atoms with Crippen molar-refractivity contribution in [2.75, 3.05) is 31.6 Å². The smallest absolute Gasteiger partial charge is 0.238 e. The van der Waals surface area contributed by atoms with Crippen molar-refractivity contribution in [1.29, 1.82) is 0 Å². The largest absolute Gasteiger partial charge is 0.395 e. The maximum atomic E-state index is 12.0. The standard InChI is InChI=1S/C15H23BrN2O2/c1-3-4-7-18(8-9-19)11-15(20)17-14-6-5-12(2)10-13(14)16/h5-6,10,19H,3-4,7-9,11H2,1-2H3,(H,17,20). The van der Waals surface area contributed by atoms with E-state index in [1.165, 1.54) is 0 Å². The van der Waals surface area contributed by atoms with Crippen LogP contribution in [-0.4, -0.2) is 42.2 Å². The molecule has 2 N–H and O–H groups in total. The van der Waals surface area contributed by atoms with Crippen molar-refractivity contribution >= 4 is 27.5 Å². The molecule has 0 aliphatic rings. The van der Waals surface area contributed by atoms with Crippen molar-refractivity contribution in [2.45, 2.75) is 26.7 Å². The minimum atomic E-state index is -0.0564. The van der Waals surface area contributed by atoms with Crippen LogP contribution in [0, 0.1) is 6.92 Å². The van der Waals surface area contributed by atoms with Crippen molar-refractivity contribution in [3.8, 4) is 0 Å². The van der Waals surface area contributed by atoms with Gasteiger partial charge in [0.15, 0.2) is 0 Å². The zero-order valence-corrected chi connectivity index (χ0v) is 13.7. The SMILES string of the molecule is CCCCN(CCO)CC(=O)Nc1ccc(C)cc1Br. The molecule has 0 heterocycles. The molecule has 5 heteroatoms. The van der Waals surface area contributed by atoms with Gasteiger partial charge in [-0.2, -0.15) is 0 Å². The van der Waals surface area contributed by atoms with E-state index in [-0.39, 0.29) is 12.5 Å². The van der Waals surface area contributed by atoms with E-state index in [1.807, 2.05) is 30.0 Å². The Labute approximate surface area is 129 Å². The molecule has 0 unspecified atom stereocenters. The molecule has 0 spiro atoms. The summed E-state index contributed by atoms with van der Waals surface area (Å²) in [6, 6.07) is 5.82. The highest BCUT2D eigenvalue weighted by atomic mass is 79.9. The average molecular weight is 343 g/mol. The van der Waals surface area contributed by atoms with Gasteiger partial charge >= 0.3 is 0 Å². The Morgan fingerprint density at radius 1 is 1.40 bits per heavy atom. The Balaban J connectivity index is 2.55. The van der Waals surface area contributed by atoms with Crippen LogP contribution in [0.2, 0.25) is 0 Å². The summed E-state index contributed by atoms with van der Waals surface area (Å²) < 4.78 is 0.883. The number of rotatable bonds is 8. The predicted octanol–water partition coefficient (Wildman–Crippen LogP) is 2.79. The van der Waals surface area contributed by atoms with Gasteiger partial charge in [0.2, 0.25) is 5.91 Å². The number of hydrogen-bond donors (Lipinski definition) is 2. The number of carbonyl (C=O) groups is 1. The lowest BCUT2D eigenvalue weighted by molar-refractivity contribution is -0.117. The molecular weight excluding hydrogens is 320 g/mol. The zero-order valence-electron chi connectivity index (χ0n) is 12.2. The summed E-state index contributed by atoms with van der Waals surface area (Å²) in [4.78, 5) is 14.0. The molecule has 0 radical (unpaired) electrons. The average Bonchev–Trinajstić information content (AvgIpc) is 2.39. The van der Waals surface area contributed by atoms with Gasteiger partial charge in [0.25, 0.3) is 0 Å². The molecule has 0 aliphatic heterocycles. The second-order valence-corrected chi connectivity index (χ2v) is 5.74. The van der Waals surface area contributed by atoms with Crippen molar-refractivity contribution in [1.82, 2.24) is 4.90 Å². The topological polar surface area (TPSA) is 52.6 Å². The normalized spacial score (nSPS) is 10.8. The quantitative estimate of drug-likeness (QED) is 0.763.